The molecule has 4 aromatic carbocycles. The lowest BCUT2D eigenvalue weighted by molar-refractivity contribution is 1.22. The predicted molar refractivity (Wildman–Crippen MR) is 183 cm³/mol. The van der Waals surface area contributed by atoms with Crippen molar-refractivity contribution in [1.82, 2.24) is 44.9 Å². The summed E-state index contributed by atoms with van der Waals surface area (Å²) in [5, 5.41) is 15.5. The molecule has 11 N–H and O–H groups in total. The number of para-hydroxylation sites is 2. The fourth-order valence-corrected chi connectivity index (χ4v) is 6.02. The van der Waals surface area contributed by atoms with Gasteiger partial charge in [0, 0.05) is 33.6 Å². The van der Waals surface area contributed by atoms with E-state index >= 15 is 0 Å². The van der Waals surface area contributed by atoms with Gasteiger partial charge in [0.15, 0.2) is 23.3 Å². The van der Waals surface area contributed by atoms with Gasteiger partial charge in [0.05, 0.1) is 44.1 Å². The number of amidine groups is 2. The highest BCUT2D eigenvalue weighted by Gasteiger charge is 2.17. The molecule has 0 aliphatic heterocycles. The number of fused-ring (bicyclic) bond motifs is 4. The molecule has 9 aromatic rings. The van der Waals surface area contributed by atoms with E-state index in [1.807, 2.05) is 60.7 Å². The van der Waals surface area contributed by atoms with Crippen LogP contribution in [0, 0.1) is 10.8 Å². The second kappa shape index (κ2) is 9.74. The summed E-state index contributed by atoms with van der Waals surface area (Å²) in [4.78, 5) is 36.2. The summed E-state index contributed by atoms with van der Waals surface area (Å²) in [5.74, 6) is 2.42. The Kier molecular flexibility index (Phi) is 5.47. The van der Waals surface area contributed by atoms with Gasteiger partial charge in [-0.15, -0.1) is 0 Å². The molecule has 0 saturated heterocycles. The minimum absolute atomic E-state index is 0.00210. The quantitative estimate of drug-likeness (QED) is 0.0833. The van der Waals surface area contributed by atoms with Gasteiger partial charge in [-0.1, -0.05) is 24.3 Å². The molecule has 0 saturated carbocycles. The number of aromatic amines is 5. The molecule has 13 heteroatoms. The fraction of sp³-hybridized carbons (Fsp3) is 0. The number of hydrogen-bond acceptors (Lipinski definition) is 6. The van der Waals surface area contributed by atoms with Crippen LogP contribution in [0.25, 0.3) is 89.9 Å². The second-order valence-corrected chi connectivity index (χ2v) is 11.3. The summed E-state index contributed by atoms with van der Waals surface area (Å²) in [5.41, 5.74) is 22.8. The van der Waals surface area contributed by atoms with E-state index in [9.17, 15) is 0 Å². The lowest BCUT2D eigenvalue weighted by Crippen LogP contribution is -2.10. The van der Waals surface area contributed by atoms with Gasteiger partial charge >= 0.3 is 0 Å². The van der Waals surface area contributed by atoms with Crippen molar-refractivity contribution in [3.05, 3.63) is 96.1 Å². The van der Waals surface area contributed by atoms with Crippen molar-refractivity contribution in [3.8, 4) is 45.8 Å². The molecule has 0 aliphatic carbocycles. The maximum atomic E-state index is 7.73. The topological polar surface area (TPSA) is 230 Å². The largest absolute Gasteiger partial charge is 0.384 e. The van der Waals surface area contributed by atoms with E-state index in [-0.39, 0.29) is 11.7 Å². The number of H-pyrrole nitrogens is 5. The Morgan fingerprint density at radius 1 is 0.468 bits per heavy atom. The first kappa shape index (κ1) is 26.4. The Morgan fingerprint density at radius 3 is 1.34 bits per heavy atom. The predicted octanol–water partition coefficient (Wildman–Crippen LogP) is 5.76. The number of nitrogens with two attached hydrogens (primary N) is 2. The SMILES string of the molecule is N=C(N)c1ccc2nc(-c3nc4cccc(-c5ccc(-c6cccc7nc(-c8nc9ccc(C(=N)N)cc9[nH]8)[nH]c67)[nH]5)c4[nH]3)[nH]c2c1. The van der Waals surface area contributed by atoms with Gasteiger partial charge in [-0.25, -0.2) is 19.9 Å². The molecule has 13 nitrogen and oxygen atoms in total. The normalized spacial score (nSPS) is 11.7. The third-order valence-corrected chi connectivity index (χ3v) is 8.34. The van der Waals surface area contributed by atoms with Crippen molar-refractivity contribution in [2.75, 3.05) is 0 Å². The van der Waals surface area contributed by atoms with Crippen molar-refractivity contribution < 1.29 is 0 Å². The first-order valence-electron chi connectivity index (χ1n) is 14.7. The highest BCUT2D eigenvalue weighted by atomic mass is 15.0. The molecule has 9 rings (SSSR count). The molecule has 0 fully saturated rings. The summed E-state index contributed by atoms with van der Waals surface area (Å²) >= 11 is 0. The van der Waals surface area contributed by atoms with Crippen molar-refractivity contribution in [2.45, 2.75) is 0 Å². The molecule has 0 amide bonds. The molecule has 47 heavy (non-hydrogen) atoms. The average molecular weight is 616 g/mol. The molecule has 0 radical (unpaired) electrons. The molecule has 0 unspecified atom stereocenters. The Balaban J connectivity index is 1.07. The number of nitrogens with zero attached hydrogens (tertiary/aromatic N) is 4. The number of benzene rings is 4. The summed E-state index contributed by atoms with van der Waals surface area (Å²) in [7, 11) is 0. The standard InChI is InChI=1S/C34H25N13/c35-29(36)15-7-9-21-25(13-15)44-31(40-21)33-42-23-5-1-3-17(27(23)46-33)19-11-12-20(39-19)18-4-2-6-24-28(18)47-34(43-24)32-41-22-10-8-16(30(37)38)14-26(22)45-32/h1-14,39H,(H3,35,36)(H3,37,38)(H,40,44)(H,41,45)(H,42,46)(H,43,47). The second-order valence-electron chi connectivity index (χ2n) is 11.3. The third kappa shape index (κ3) is 4.25. The zero-order valence-electron chi connectivity index (χ0n) is 24.5. The van der Waals surface area contributed by atoms with Crippen LogP contribution in [-0.2, 0) is 0 Å². The van der Waals surface area contributed by atoms with E-state index in [4.69, 9.17) is 42.2 Å². The number of rotatable bonds is 6. The van der Waals surface area contributed by atoms with Crippen LogP contribution in [0.2, 0.25) is 0 Å². The molecule has 226 valence electrons. The number of nitrogen functional groups attached to an aromatic ring is 2. The van der Waals surface area contributed by atoms with E-state index in [0.29, 0.717) is 34.4 Å². The van der Waals surface area contributed by atoms with Crippen molar-refractivity contribution in [1.29, 1.82) is 10.8 Å². The molecule has 0 bridgehead atoms. The minimum Gasteiger partial charge on any atom is -0.384 e. The van der Waals surface area contributed by atoms with E-state index in [2.05, 4.69) is 37.1 Å². The van der Waals surface area contributed by atoms with Gasteiger partial charge < -0.3 is 36.4 Å². The van der Waals surface area contributed by atoms with Crippen LogP contribution in [0.5, 0.6) is 0 Å². The minimum atomic E-state index is 0.00210. The molecule has 0 spiro atoms. The van der Waals surface area contributed by atoms with Gasteiger partial charge in [0.25, 0.3) is 0 Å². The van der Waals surface area contributed by atoms with E-state index < -0.39 is 0 Å². The molecular formula is C34H25N13. The Morgan fingerprint density at radius 2 is 0.894 bits per heavy atom. The first-order chi connectivity index (χ1) is 22.9. The Labute approximate surface area is 264 Å². The van der Waals surface area contributed by atoms with E-state index in [0.717, 1.165) is 66.6 Å². The number of nitrogens with one attached hydrogen (secondary N) is 7. The number of imidazole rings is 4. The highest BCUT2D eigenvalue weighted by molar-refractivity contribution is 6.00. The number of hydrogen-bond donors (Lipinski definition) is 9. The van der Waals surface area contributed by atoms with Gasteiger partial charge in [-0.3, -0.25) is 10.8 Å². The lowest BCUT2D eigenvalue weighted by atomic mass is 10.1. The highest BCUT2D eigenvalue weighted by Crippen LogP contribution is 2.34. The average Bonchev–Trinajstić information content (AvgIpc) is 3.90. The van der Waals surface area contributed by atoms with Crippen LogP contribution < -0.4 is 11.5 Å². The van der Waals surface area contributed by atoms with Crippen LogP contribution in [0.3, 0.4) is 0 Å². The fourth-order valence-electron chi connectivity index (χ4n) is 6.02. The van der Waals surface area contributed by atoms with Gasteiger partial charge in [0.2, 0.25) is 0 Å². The van der Waals surface area contributed by atoms with Crippen LogP contribution in [0.4, 0.5) is 0 Å². The Bertz CT molecular complexity index is 2530. The van der Waals surface area contributed by atoms with Crippen molar-refractivity contribution in [3.63, 3.8) is 0 Å². The van der Waals surface area contributed by atoms with Crippen LogP contribution in [-0.4, -0.2) is 56.5 Å². The van der Waals surface area contributed by atoms with Gasteiger partial charge in [-0.2, -0.15) is 0 Å². The maximum Gasteiger partial charge on any atom is 0.174 e. The van der Waals surface area contributed by atoms with E-state index in [1.165, 1.54) is 0 Å². The monoisotopic (exact) mass is 615 g/mol. The summed E-state index contributed by atoms with van der Waals surface area (Å²) < 4.78 is 0. The summed E-state index contributed by atoms with van der Waals surface area (Å²) in [6.07, 6.45) is 0. The lowest BCUT2D eigenvalue weighted by Gasteiger charge is -2.02. The summed E-state index contributed by atoms with van der Waals surface area (Å²) in [6, 6.07) is 27.0. The molecule has 0 aliphatic rings. The molecule has 5 heterocycles. The molecule has 0 atom stereocenters. The van der Waals surface area contributed by atoms with Crippen LogP contribution in [0.15, 0.2) is 84.9 Å². The summed E-state index contributed by atoms with van der Waals surface area (Å²) in [6.45, 7) is 0. The first-order valence-corrected chi connectivity index (χ1v) is 14.7. The van der Waals surface area contributed by atoms with Crippen molar-refractivity contribution in [2.24, 2.45) is 11.5 Å². The van der Waals surface area contributed by atoms with Gasteiger partial charge in [0.1, 0.15) is 11.7 Å². The van der Waals surface area contributed by atoms with Crippen LogP contribution >= 0.6 is 0 Å². The zero-order chi connectivity index (χ0) is 31.8. The molecule has 5 aromatic heterocycles. The van der Waals surface area contributed by atoms with Gasteiger partial charge in [-0.05, 0) is 60.7 Å². The molecular weight excluding hydrogens is 590 g/mol. The Hall–Kier alpha value is -7.02. The number of aromatic nitrogens is 9. The third-order valence-electron chi connectivity index (χ3n) is 8.34. The van der Waals surface area contributed by atoms with Crippen molar-refractivity contribution >= 4 is 55.8 Å². The maximum absolute atomic E-state index is 7.73. The van der Waals surface area contributed by atoms with Crippen LogP contribution in [0.1, 0.15) is 11.1 Å². The van der Waals surface area contributed by atoms with E-state index in [1.54, 1.807) is 12.1 Å². The smallest absolute Gasteiger partial charge is 0.174 e. The zero-order valence-corrected chi connectivity index (χ0v) is 24.5.